The molecule has 2 N–H and O–H groups in total. The highest BCUT2D eigenvalue weighted by Crippen LogP contribution is 2.29. The fourth-order valence-electron chi connectivity index (χ4n) is 3.09. The molecular formula is C22H21N5O6S. The Balaban J connectivity index is 1.87. The second-order valence-electron chi connectivity index (χ2n) is 7.47. The first-order chi connectivity index (χ1) is 16.0. The van der Waals surface area contributed by atoms with Crippen LogP contribution in [0.4, 0.5) is 22.7 Å². The average molecular weight is 484 g/mol. The zero-order chi connectivity index (χ0) is 25.0. The normalized spacial score (nSPS) is 11.7. The third kappa shape index (κ3) is 5.53. The summed E-state index contributed by atoms with van der Waals surface area (Å²) >= 11 is 0. The molecule has 0 spiro atoms. The van der Waals surface area contributed by atoms with Crippen LogP contribution in [0.15, 0.2) is 70.7 Å². The Morgan fingerprint density at radius 3 is 2.12 bits per heavy atom. The Kier molecular flexibility index (Phi) is 6.92. The number of aryl methyl sites for hydroxylation is 2. The predicted molar refractivity (Wildman–Crippen MR) is 129 cm³/mol. The van der Waals surface area contributed by atoms with Gasteiger partial charge in [-0.15, -0.1) is 0 Å². The van der Waals surface area contributed by atoms with Crippen LogP contribution in [-0.4, -0.2) is 24.0 Å². The summed E-state index contributed by atoms with van der Waals surface area (Å²) < 4.78 is 28.1. The summed E-state index contributed by atoms with van der Waals surface area (Å²) in [6.45, 7) is 5.25. The molecule has 0 fully saturated rings. The van der Waals surface area contributed by atoms with E-state index in [2.05, 4.69) is 15.2 Å². The molecule has 176 valence electrons. The van der Waals surface area contributed by atoms with Gasteiger partial charge in [-0.3, -0.25) is 30.4 Å². The second-order valence-corrected chi connectivity index (χ2v) is 9.16. The molecular weight excluding hydrogens is 462 g/mol. The fraction of sp³-hybridized carbons (Fsp3) is 0.136. The zero-order valence-electron chi connectivity index (χ0n) is 18.5. The Bertz CT molecular complexity index is 1400. The maximum Gasteiger partial charge on any atom is 0.295 e. The molecule has 0 aliphatic rings. The second kappa shape index (κ2) is 9.67. The fourth-order valence-corrected chi connectivity index (χ4v) is 4.24. The van der Waals surface area contributed by atoms with Crippen LogP contribution in [0.5, 0.6) is 0 Å². The van der Waals surface area contributed by atoms with Gasteiger partial charge in [0.25, 0.3) is 21.4 Å². The molecule has 0 radical (unpaired) electrons. The molecule has 3 aromatic carbocycles. The van der Waals surface area contributed by atoms with Crippen molar-refractivity contribution in [3.05, 3.63) is 97.6 Å². The van der Waals surface area contributed by atoms with Gasteiger partial charge in [0.15, 0.2) is 0 Å². The van der Waals surface area contributed by atoms with Crippen molar-refractivity contribution in [2.75, 3.05) is 10.1 Å². The topological polar surface area (TPSA) is 157 Å². The Labute approximate surface area is 195 Å². The lowest BCUT2D eigenvalue weighted by molar-refractivity contribution is -0.384. The molecule has 0 aliphatic heterocycles. The lowest BCUT2D eigenvalue weighted by atomic mass is 10.1. The lowest BCUT2D eigenvalue weighted by Gasteiger charge is -2.12. The first-order valence-electron chi connectivity index (χ1n) is 9.91. The van der Waals surface area contributed by atoms with Crippen LogP contribution in [0.2, 0.25) is 0 Å². The molecule has 0 saturated heterocycles. The van der Waals surface area contributed by atoms with Crippen LogP contribution in [0.25, 0.3) is 0 Å². The monoisotopic (exact) mass is 483 g/mol. The van der Waals surface area contributed by atoms with Crippen molar-refractivity contribution in [1.82, 2.24) is 0 Å². The van der Waals surface area contributed by atoms with E-state index in [1.807, 2.05) is 13.0 Å². The molecule has 0 bridgehead atoms. The van der Waals surface area contributed by atoms with E-state index >= 15 is 0 Å². The molecule has 0 saturated carbocycles. The van der Waals surface area contributed by atoms with Crippen LogP contribution < -0.4 is 10.1 Å². The molecule has 12 heteroatoms. The number of rotatable bonds is 8. The summed E-state index contributed by atoms with van der Waals surface area (Å²) in [5.41, 5.74) is 5.03. The van der Waals surface area contributed by atoms with Gasteiger partial charge < -0.3 is 0 Å². The molecule has 0 amide bonds. The summed E-state index contributed by atoms with van der Waals surface area (Å²) in [4.78, 5) is 20.9. The van der Waals surface area contributed by atoms with Crippen molar-refractivity contribution in [3.8, 4) is 0 Å². The average Bonchev–Trinajstić information content (AvgIpc) is 2.79. The highest BCUT2D eigenvalue weighted by Gasteiger charge is 2.22. The highest BCUT2D eigenvalue weighted by atomic mass is 32.2. The molecule has 34 heavy (non-hydrogen) atoms. The lowest BCUT2D eigenvalue weighted by Crippen LogP contribution is -2.14. The third-order valence-electron chi connectivity index (χ3n) is 4.94. The van der Waals surface area contributed by atoms with Gasteiger partial charge in [-0.25, -0.2) is 8.42 Å². The van der Waals surface area contributed by atoms with Crippen LogP contribution in [-0.2, 0) is 10.0 Å². The Morgan fingerprint density at radius 2 is 1.53 bits per heavy atom. The highest BCUT2D eigenvalue weighted by molar-refractivity contribution is 7.92. The van der Waals surface area contributed by atoms with Crippen molar-refractivity contribution in [1.29, 1.82) is 0 Å². The maximum absolute atomic E-state index is 12.8. The summed E-state index contributed by atoms with van der Waals surface area (Å²) in [6, 6.07) is 14.3. The number of sulfonamides is 1. The van der Waals surface area contributed by atoms with Crippen LogP contribution in [0.3, 0.4) is 0 Å². The molecule has 0 atom stereocenters. The minimum Gasteiger partial charge on any atom is -0.279 e. The molecule has 0 heterocycles. The number of hydrogen-bond acceptors (Lipinski definition) is 8. The largest absolute Gasteiger partial charge is 0.295 e. The number of nitro benzene ring substituents is 2. The molecule has 0 aliphatic carbocycles. The van der Waals surface area contributed by atoms with Crippen LogP contribution >= 0.6 is 0 Å². The van der Waals surface area contributed by atoms with E-state index in [0.29, 0.717) is 22.5 Å². The summed E-state index contributed by atoms with van der Waals surface area (Å²) in [5, 5.41) is 26.5. The summed E-state index contributed by atoms with van der Waals surface area (Å²) in [6.07, 6.45) is 0. The number of benzene rings is 3. The quantitative estimate of drug-likeness (QED) is 0.266. The number of nitrogens with zero attached hydrogens (tertiary/aromatic N) is 3. The van der Waals surface area contributed by atoms with E-state index in [9.17, 15) is 28.6 Å². The number of anilines is 2. The van der Waals surface area contributed by atoms with E-state index in [4.69, 9.17) is 0 Å². The van der Waals surface area contributed by atoms with Gasteiger partial charge in [-0.05, 0) is 62.2 Å². The van der Waals surface area contributed by atoms with E-state index in [0.717, 1.165) is 11.6 Å². The van der Waals surface area contributed by atoms with Crippen molar-refractivity contribution >= 4 is 38.5 Å². The first-order valence-corrected chi connectivity index (χ1v) is 11.4. The van der Waals surface area contributed by atoms with Gasteiger partial charge in [-0.2, -0.15) is 5.10 Å². The smallest absolute Gasteiger partial charge is 0.279 e. The molecule has 11 nitrogen and oxygen atoms in total. The van der Waals surface area contributed by atoms with Gasteiger partial charge in [0.2, 0.25) is 0 Å². The van der Waals surface area contributed by atoms with Crippen molar-refractivity contribution in [3.63, 3.8) is 0 Å². The maximum atomic E-state index is 12.8. The van der Waals surface area contributed by atoms with Crippen molar-refractivity contribution in [2.45, 2.75) is 25.7 Å². The molecule has 0 unspecified atom stereocenters. The Morgan fingerprint density at radius 1 is 0.882 bits per heavy atom. The van der Waals surface area contributed by atoms with Crippen LogP contribution in [0, 0.1) is 34.1 Å². The summed E-state index contributed by atoms with van der Waals surface area (Å²) in [5.74, 6) is 0. The van der Waals surface area contributed by atoms with Gasteiger partial charge in [-0.1, -0.05) is 17.7 Å². The van der Waals surface area contributed by atoms with Gasteiger partial charge >= 0.3 is 0 Å². The minimum atomic E-state index is -4.08. The number of nitro groups is 2. The van der Waals surface area contributed by atoms with E-state index < -0.39 is 25.6 Å². The standard InChI is InChI=1S/C22H21N5O6S/c1-14-4-10-20(15(2)12-14)25-34(32,33)19-9-11-21(22(13-19)27(30)31)24-23-16(3)17-5-7-18(8-6-17)26(28)29/h4-13,24-25H,1-3H3. The van der Waals surface area contributed by atoms with Crippen LogP contribution in [0.1, 0.15) is 23.6 Å². The van der Waals surface area contributed by atoms with Gasteiger partial charge in [0.1, 0.15) is 5.69 Å². The molecule has 3 rings (SSSR count). The number of hydrazone groups is 1. The van der Waals surface area contributed by atoms with E-state index in [1.54, 1.807) is 26.0 Å². The van der Waals surface area contributed by atoms with Gasteiger partial charge in [0.05, 0.1) is 26.1 Å². The SMILES string of the molecule is CC(=NNc1ccc(S(=O)(=O)Nc2ccc(C)cc2C)cc1[N+](=O)[O-])c1ccc([N+](=O)[O-])cc1. The van der Waals surface area contributed by atoms with Crippen molar-refractivity contribution in [2.24, 2.45) is 5.10 Å². The number of nitrogens with one attached hydrogen (secondary N) is 2. The van der Waals surface area contributed by atoms with Gasteiger partial charge in [0, 0.05) is 18.2 Å². The van der Waals surface area contributed by atoms with Crippen molar-refractivity contribution < 1.29 is 18.3 Å². The predicted octanol–water partition coefficient (Wildman–Crippen LogP) is 4.76. The van der Waals surface area contributed by atoms with E-state index in [1.165, 1.54) is 36.4 Å². The number of hydrogen-bond donors (Lipinski definition) is 2. The third-order valence-corrected chi connectivity index (χ3v) is 6.31. The minimum absolute atomic E-state index is 0.0169. The molecule has 3 aromatic rings. The Hall–Kier alpha value is -4.32. The van der Waals surface area contributed by atoms with E-state index in [-0.39, 0.29) is 16.3 Å². The zero-order valence-corrected chi connectivity index (χ0v) is 19.3. The summed E-state index contributed by atoms with van der Waals surface area (Å²) in [7, 11) is -4.08. The molecule has 0 aromatic heterocycles. The first kappa shape index (κ1) is 24.3. The number of non-ortho nitro benzene ring substituents is 1.